The Hall–Kier alpha value is -2.69. The second kappa shape index (κ2) is 13.7. The van der Waals surface area contributed by atoms with Gasteiger partial charge in [0.1, 0.15) is 6.61 Å². The van der Waals surface area contributed by atoms with E-state index >= 15 is 0 Å². The van der Waals surface area contributed by atoms with Crippen molar-refractivity contribution in [1.82, 2.24) is 5.32 Å². The molecule has 0 aliphatic rings. The molecule has 0 atom stereocenters. The van der Waals surface area contributed by atoms with E-state index in [0.717, 1.165) is 0 Å². The maximum Gasteiger partial charge on any atom is 0.328 e. The lowest BCUT2D eigenvalue weighted by Gasteiger charge is -2.02. The molecule has 1 amide bonds. The molecule has 0 aliphatic carbocycles. The monoisotopic (exact) mass is 307 g/mol. The molecule has 120 valence electrons. The van der Waals surface area contributed by atoms with E-state index in [2.05, 4.69) is 10.2 Å². The Bertz CT molecular complexity index is 366. The molecule has 0 saturated heterocycles. The lowest BCUT2D eigenvalue weighted by atomic mass is 10.3. The SMILES string of the molecule is NCCCC(=O)NCCO[N+](=O)[O-].O=C(O)C=CC(=O)O. The van der Waals surface area contributed by atoms with E-state index in [9.17, 15) is 24.5 Å². The van der Waals surface area contributed by atoms with E-state index < -0.39 is 17.0 Å². The van der Waals surface area contributed by atoms with Gasteiger partial charge in [-0.3, -0.25) is 4.79 Å². The molecular formula is C10H17N3O8. The Labute approximate surface area is 119 Å². The summed E-state index contributed by atoms with van der Waals surface area (Å²) in [6.45, 7) is 0.477. The molecule has 0 aromatic carbocycles. The van der Waals surface area contributed by atoms with Crippen LogP contribution in [0.5, 0.6) is 0 Å². The third-order valence-electron chi connectivity index (χ3n) is 1.60. The number of nitrogens with one attached hydrogen (secondary N) is 1. The van der Waals surface area contributed by atoms with Gasteiger partial charge in [0, 0.05) is 25.1 Å². The minimum absolute atomic E-state index is 0.124. The van der Waals surface area contributed by atoms with E-state index in [4.69, 9.17) is 15.9 Å². The van der Waals surface area contributed by atoms with Gasteiger partial charge in [-0.25, -0.2) is 9.59 Å². The molecule has 0 bridgehead atoms. The normalized spacial score (nSPS) is 9.38. The maximum atomic E-state index is 10.9. The summed E-state index contributed by atoms with van der Waals surface area (Å²) in [5.41, 5.74) is 5.18. The minimum atomic E-state index is -1.26. The van der Waals surface area contributed by atoms with Gasteiger partial charge in [-0.2, -0.15) is 0 Å². The summed E-state index contributed by atoms with van der Waals surface area (Å²) in [7, 11) is 0. The second-order valence-corrected chi connectivity index (χ2v) is 3.31. The van der Waals surface area contributed by atoms with Crippen LogP contribution in [0.3, 0.4) is 0 Å². The van der Waals surface area contributed by atoms with Gasteiger partial charge in [-0.05, 0) is 13.0 Å². The highest BCUT2D eigenvalue weighted by atomic mass is 16.9. The van der Waals surface area contributed by atoms with Crippen molar-refractivity contribution in [2.75, 3.05) is 19.7 Å². The average molecular weight is 307 g/mol. The van der Waals surface area contributed by atoms with Crippen LogP contribution >= 0.6 is 0 Å². The molecule has 0 aromatic heterocycles. The van der Waals surface area contributed by atoms with Gasteiger partial charge in [0.05, 0.1) is 0 Å². The van der Waals surface area contributed by atoms with E-state index in [0.29, 0.717) is 31.5 Å². The van der Waals surface area contributed by atoms with Crippen molar-refractivity contribution >= 4 is 17.8 Å². The van der Waals surface area contributed by atoms with E-state index in [1.54, 1.807) is 0 Å². The summed E-state index contributed by atoms with van der Waals surface area (Å²) in [4.78, 5) is 43.6. The Balaban J connectivity index is 0. The Morgan fingerprint density at radius 3 is 2.14 bits per heavy atom. The van der Waals surface area contributed by atoms with Gasteiger partial charge in [-0.1, -0.05) is 0 Å². The number of carbonyl (C=O) groups excluding carboxylic acids is 1. The highest BCUT2D eigenvalue weighted by Crippen LogP contribution is 1.84. The van der Waals surface area contributed by atoms with Crippen LogP contribution in [0, 0.1) is 10.1 Å². The fourth-order valence-electron chi connectivity index (χ4n) is 0.804. The van der Waals surface area contributed by atoms with E-state index in [-0.39, 0.29) is 19.1 Å². The van der Waals surface area contributed by atoms with Gasteiger partial charge in [0.25, 0.3) is 5.09 Å². The van der Waals surface area contributed by atoms with Crippen LogP contribution in [0.15, 0.2) is 12.2 Å². The van der Waals surface area contributed by atoms with Crippen LogP contribution in [0.25, 0.3) is 0 Å². The lowest BCUT2D eigenvalue weighted by molar-refractivity contribution is -0.757. The van der Waals surface area contributed by atoms with Crippen molar-refractivity contribution in [2.24, 2.45) is 5.73 Å². The molecule has 0 unspecified atom stereocenters. The quantitative estimate of drug-likeness (QED) is 0.175. The summed E-state index contributed by atoms with van der Waals surface area (Å²) in [6.07, 6.45) is 2.07. The first-order valence-corrected chi connectivity index (χ1v) is 5.67. The second-order valence-electron chi connectivity index (χ2n) is 3.31. The van der Waals surface area contributed by atoms with Crippen LogP contribution in [-0.2, 0) is 19.2 Å². The van der Waals surface area contributed by atoms with Crippen molar-refractivity contribution in [3.8, 4) is 0 Å². The number of carbonyl (C=O) groups is 3. The Morgan fingerprint density at radius 1 is 1.24 bits per heavy atom. The number of nitrogens with zero attached hydrogens (tertiary/aromatic N) is 1. The van der Waals surface area contributed by atoms with Crippen molar-refractivity contribution in [2.45, 2.75) is 12.8 Å². The summed E-state index contributed by atoms with van der Waals surface area (Å²) >= 11 is 0. The number of carboxylic acid groups (broad SMARTS) is 2. The van der Waals surface area contributed by atoms with Crippen LogP contribution in [0.1, 0.15) is 12.8 Å². The summed E-state index contributed by atoms with van der Waals surface area (Å²) in [5.74, 6) is -2.68. The zero-order chi connectivity index (χ0) is 16.7. The third-order valence-corrected chi connectivity index (χ3v) is 1.60. The number of aliphatic carboxylic acids is 2. The highest BCUT2D eigenvalue weighted by Gasteiger charge is 1.99. The molecule has 0 saturated carbocycles. The zero-order valence-corrected chi connectivity index (χ0v) is 11.1. The maximum absolute atomic E-state index is 10.9. The molecule has 0 fully saturated rings. The van der Waals surface area contributed by atoms with Crippen LogP contribution < -0.4 is 11.1 Å². The minimum Gasteiger partial charge on any atom is -0.478 e. The average Bonchev–Trinajstić information content (AvgIpc) is 2.39. The van der Waals surface area contributed by atoms with Gasteiger partial charge in [0.2, 0.25) is 5.91 Å². The predicted octanol–water partition coefficient (Wildman–Crippen LogP) is -1.24. The van der Waals surface area contributed by atoms with Crippen LogP contribution in [0.4, 0.5) is 0 Å². The van der Waals surface area contributed by atoms with Gasteiger partial charge in [0.15, 0.2) is 0 Å². The number of carboxylic acids is 2. The van der Waals surface area contributed by atoms with Gasteiger partial charge < -0.3 is 26.1 Å². The van der Waals surface area contributed by atoms with Crippen molar-refractivity contribution < 1.29 is 34.5 Å². The van der Waals surface area contributed by atoms with Crippen molar-refractivity contribution in [3.05, 3.63) is 22.3 Å². The molecule has 0 heterocycles. The molecule has 11 nitrogen and oxygen atoms in total. The summed E-state index contributed by atoms with van der Waals surface area (Å²) in [5, 5.41) is 26.8. The first-order chi connectivity index (χ1) is 9.79. The Kier molecular flexibility index (Phi) is 13.5. The zero-order valence-electron chi connectivity index (χ0n) is 11.1. The number of nitrogens with two attached hydrogens (primary N) is 1. The van der Waals surface area contributed by atoms with Crippen molar-refractivity contribution in [3.63, 3.8) is 0 Å². The van der Waals surface area contributed by atoms with E-state index in [1.165, 1.54) is 0 Å². The first kappa shape index (κ1) is 20.6. The van der Waals surface area contributed by atoms with Crippen molar-refractivity contribution in [1.29, 1.82) is 0 Å². The smallest absolute Gasteiger partial charge is 0.328 e. The number of hydrogen-bond acceptors (Lipinski definition) is 7. The van der Waals surface area contributed by atoms with Gasteiger partial charge in [-0.15, -0.1) is 10.1 Å². The summed E-state index contributed by atoms with van der Waals surface area (Å²) in [6, 6.07) is 0. The van der Waals surface area contributed by atoms with Crippen LogP contribution in [-0.4, -0.2) is 52.8 Å². The summed E-state index contributed by atoms with van der Waals surface area (Å²) < 4.78 is 0. The molecule has 0 radical (unpaired) electrons. The molecule has 0 spiro atoms. The standard InChI is InChI=1S/C6H13N3O4.C4H4O4/c7-3-1-2-6(10)8-4-5-13-9(11)12;5-3(6)1-2-4(7)8/h1-5,7H2,(H,8,10);1-2H,(H,5,6)(H,7,8). The largest absolute Gasteiger partial charge is 0.478 e. The molecule has 11 heteroatoms. The number of hydrogen-bond donors (Lipinski definition) is 4. The first-order valence-electron chi connectivity index (χ1n) is 5.67. The predicted molar refractivity (Wildman–Crippen MR) is 68.7 cm³/mol. The molecule has 0 aliphatic heterocycles. The molecule has 21 heavy (non-hydrogen) atoms. The molecule has 0 aromatic rings. The lowest BCUT2D eigenvalue weighted by Crippen LogP contribution is -2.28. The highest BCUT2D eigenvalue weighted by molar-refractivity contribution is 5.89. The number of amides is 1. The number of rotatable bonds is 9. The fourth-order valence-corrected chi connectivity index (χ4v) is 0.804. The molecule has 0 rings (SSSR count). The van der Waals surface area contributed by atoms with Crippen LogP contribution in [0.2, 0.25) is 0 Å². The van der Waals surface area contributed by atoms with E-state index in [1.807, 2.05) is 0 Å². The molecular weight excluding hydrogens is 290 g/mol. The molecule has 5 N–H and O–H groups in total. The fraction of sp³-hybridized carbons (Fsp3) is 0.500. The topological polar surface area (TPSA) is 182 Å². The Morgan fingerprint density at radius 2 is 1.76 bits per heavy atom. The van der Waals surface area contributed by atoms with Gasteiger partial charge >= 0.3 is 11.9 Å². The third kappa shape index (κ3) is 22.9.